The summed E-state index contributed by atoms with van der Waals surface area (Å²) < 4.78 is 43.9. The minimum Gasteiger partial charge on any atom is -0.418 e. The molecule has 0 aliphatic carbocycles. The number of amidine groups is 1. The van der Waals surface area contributed by atoms with Gasteiger partial charge in [0, 0.05) is 7.11 Å². The van der Waals surface area contributed by atoms with Gasteiger partial charge >= 0.3 is 7.25 Å². The van der Waals surface area contributed by atoms with Gasteiger partial charge in [-0.2, -0.15) is 0 Å². The van der Waals surface area contributed by atoms with Crippen molar-refractivity contribution in [3.05, 3.63) is 12.4 Å². The quantitative estimate of drug-likeness (QED) is 0.559. The molecule has 88 valence electrons. The summed E-state index contributed by atoms with van der Waals surface area (Å²) in [5, 5.41) is 0. The first-order chi connectivity index (χ1) is 6.84. The van der Waals surface area contributed by atoms with Crippen LogP contribution in [0.15, 0.2) is 17.4 Å². The standard InChI is InChI=1S/C7H12N2O.BF4/c1-9-5-4-8-7(9)3-6-10-2;2-1(3,4)5/h4-5H,3,6H2,1-2H3;/q;-1/p+1. The zero-order chi connectivity index (χ0) is 11.9. The number of hydrogen-bond donors (Lipinski definition) is 1. The van der Waals surface area contributed by atoms with Gasteiger partial charge < -0.3 is 22.0 Å². The van der Waals surface area contributed by atoms with E-state index in [-0.39, 0.29) is 0 Å². The zero-order valence-corrected chi connectivity index (χ0v) is 8.51. The lowest BCUT2D eigenvalue weighted by Gasteiger charge is -2.04. The SMILES string of the molecule is COCCC1=NC=C[NH+]1C.F[B-](F)(F)F. The number of ether oxygens (including phenoxy) is 1. The Kier molecular flexibility index (Phi) is 6.18. The van der Waals surface area contributed by atoms with Crippen LogP contribution in [0.2, 0.25) is 0 Å². The molecular weight excluding hydrogens is 215 g/mol. The third-order valence-electron chi connectivity index (χ3n) is 1.55. The molecule has 0 bridgehead atoms. The van der Waals surface area contributed by atoms with Crippen LogP contribution in [0.1, 0.15) is 6.42 Å². The molecule has 8 heteroatoms. The molecule has 0 aromatic rings. The van der Waals surface area contributed by atoms with Crippen LogP contribution in [0.3, 0.4) is 0 Å². The third-order valence-corrected chi connectivity index (χ3v) is 1.55. The molecule has 0 radical (unpaired) electrons. The van der Waals surface area contributed by atoms with Gasteiger partial charge in [-0.3, -0.25) is 4.90 Å². The Hall–Kier alpha value is -0.885. The highest BCUT2D eigenvalue weighted by molar-refractivity contribution is 6.50. The van der Waals surface area contributed by atoms with Gasteiger partial charge in [0.05, 0.1) is 26.3 Å². The molecule has 1 rings (SSSR count). The normalized spacial score (nSPS) is 19.6. The molecule has 1 atom stereocenters. The molecule has 0 amide bonds. The Morgan fingerprint density at radius 2 is 1.93 bits per heavy atom. The largest absolute Gasteiger partial charge is 0.673 e. The maximum atomic E-state index is 9.75. The van der Waals surface area contributed by atoms with Crippen LogP contribution in [-0.2, 0) is 4.74 Å². The van der Waals surface area contributed by atoms with Gasteiger partial charge in [0.2, 0.25) is 5.84 Å². The number of aliphatic imine (C=N–C) groups is 1. The monoisotopic (exact) mass is 228 g/mol. The van der Waals surface area contributed by atoms with Gasteiger partial charge in [-0.1, -0.05) is 0 Å². The number of nitrogens with zero attached hydrogens (tertiary/aromatic N) is 1. The van der Waals surface area contributed by atoms with Crippen molar-refractivity contribution in [2.75, 3.05) is 20.8 Å². The average molecular weight is 228 g/mol. The van der Waals surface area contributed by atoms with E-state index in [1.54, 1.807) is 7.11 Å². The lowest BCUT2D eigenvalue weighted by molar-refractivity contribution is -0.719. The smallest absolute Gasteiger partial charge is 0.418 e. The summed E-state index contributed by atoms with van der Waals surface area (Å²) in [6, 6.07) is 0. The summed E-state index contributed by atoms with van der Waals surface area (Å²) in [4.78, 5) is 5.43. The maximum Gasteiger partial charge on any atom is 0.673 e. The fourth-order valence-corrected chi connectivity index (χ4v) is 0.898. The van der Waals surface area contributed by atoms with E-state index in [0.29, 0.717) is 0 Å². The molecule has 1 aliphatic rings. The minimum atomic E-state index is -6.00. The molecule has 1 unspecified atom stereocenters. The van der Waals surface area contributed by atoms with E-state index in [1.165, 1.54) is 4.90 Å². The molecule has 3 nitrogen and oxygen atoms in total. The summed E-state index contributed by atoms with van der Waals surface area (Å²) >= 11 is 0. The van der Waals surface area contributed by atoms with Crippen LogP contribution in [-0.4, -0.2) is 33.9 Å². The molecule has 0 aromatic heterocycles. The van der Waals surface area contributed by atoms with Crippen LogP contribution in [0.5, 0.6) is 0 Å². The molecular formula is C7H13BF4N2O. The summed E-state index contributed by atoms with van der Waals surface area (Å²) in [6.45, 7) is 0.762. The molecule has 0 saturated carbocycles. The minimum absolute atomic E-state index is 0.762. The number of hydrogen-bond acceptors (Lipinski definition) is 2. The maximum absolute atomic E-state index is 9.75. The van der Waals surface area contributed by atoms with Crippen molar-refractivity contribution >= 4 is 13.1 Å². The van der Waals surface area contributed by atoms with E-state index in [0.717, 1.165) is 18.9 Å². The lowest BCUT2D eigenvalue weighted by Crippen LogP contribution is -3.06. The molecule has 15 heavy (non-hydrogen) atoms. The van der Waals surface area contributed by atoms with Crippen LogP contribution in [0, 0.1) is 0 Å². The van der Waals surface area contributed by atoms with Crippen molar-refractivity contribution in [2.45, 2.75) is 6.42 Å². The highest BCUT2D eigenvalue weighted by atomic mass is 19.5. The summed E-state index contributed by atoms with van der Waals surface area (Å²) in [7, 11) is -2.23. The second-order valence-electron chi connectivity index (χ2n) is 2.81. The number of methoxy groups -OCH3 is 1. The van der Waals surface area contributed by atoms with Crippen LogP contribution in [0.25, 0.3) is 0 Å². The zero-order valence-electron chi connectivity index (χ0n) is 8.51. The fourth-order valence-electron chi connectivity index (χ4n) is 0.898. The first-order valence-corrected chi connectivity index (χ1v) is 4.28. The topological polar surface area (TPSA) is 26.0 Å². The predicted octanol–water partition coefficient (Wildman–Crippen LogP) is 0.721. The molecule has 0 spiro atoms. The van der Waals surface area contributed by atoms with E-state index in [4.69, 9.17) is 4.74 Å². The van der Waals surface area contributed by atoms with Crippen molar-refractivity contribution in [3.8, 4) is 0 Å². The second kappa shape index (κ2) is 6.57. The Morgan fingerprint density at radius 3 is 2.27 bits per heavy atom. The van der Waals surface area contributed by atoms with Crippen molar-refractivity contribution in [1.29, 1.82) is 0 Å². The highest BCUT2D eigenvalue weighted by Gasteiger charge is 2.20. The summed E-state index contributed by atoms with van der Waals surface area (Å²) in [5.74, 6) is 1.15. The second-order valence-corrected chi connectivity index (χ2v) is 2.81. The van der Waals surface area contributed by atoms with E-state index >= 15 is 0 Å². The number of rotatable bonds is 3. The van der Waals surface area contributed by atoms with Gasteiger partial charge in [-0.25, -0.2) is 4.99 Å². The summed E-state index contributed by atoms with van der Waals surface area (Å²) in [5.41, 5.74) is 0. The molecule has 0 fully saturated rings. The first-order valence-electron chi connectivity index (χ1n) is 4.28. The van der Waals surface area contributed by atoms with Crippen molar-refractivity contribution in [1.82, 2.24) is 0 Å². The highest BCUT2D eigenvalue weighted by Crippen LogP contribution is 2.06. The lowest BCUT2D eigenvalue weighted by atomic mass is 10.3. The molecule has 1 N–H and O–H groups in total. The molecule has 0 aromatic carbocycles. The predicted molar refractivity (Wildman–Crippen MR) is 50.1 cm³/mol. The van der Waals surface area contributed by atoms with Gasteiger partial charge in [-0.05, 0) is 0 Å². The van der Waals surface area contributed by atoms with Gasteiger partial charge in [0.25, 0.3) is 0 Å². The van der Waals surface area contributed by atoms with Gasteiger partial charge in [0.1, 0.15) is 6.20 Å². The average Bonchev–Trinajstić information content (AvgIpc) is 2.45. The van der Waals surface area contributed by atoms with Gasteiger partial charge in [0.15, 0.2) is 0 Å². The van der Waals surface area contributed by atoms with Crippen molar-refractivity contribution in [3.63, 3.8) is 0 Å². The Bertz CT molecular complexity index is 236. The third kappa shape index (κ3) is 9.42. The van der Waals surface area contributed by atoms with E-state index in [9.17, 15) is 17.3 Å². The van der Waals surface area contributed by atoms with Crippen LogP contribution < -0.4 is 4.90 Å². The summed E-state index contributed by atoms with van der Waals surface area (Å²) in [6.07, 6.45) is 4.78. The van der Waals surface area contributed by atoms with E-state index < -0.39 is 7.25 Å². The van der Waals surface area contributed by atoms with Crippen LogP contribution in [0.4, 0.5) is 17.3 Å². The van der Waals surface area contributed by atoms with Crippen molar-refractivity contribution < 1.29 is 26.9 Å². The fraction of sp³-hybridized carbons (Fsp3) is 0.571. The van der Waals surface area contributed by atoms with Crippen LogP contribution >= 0.6 is 0 Å². The van der Waals surface area contributed by atoms with Crippen molar-refractivity contribution in [2.24, 2.45) is 4.99 Å². The van der Waals surface area contributed by atoms with E-state index in [1.807, 2.05) is 12.4 Å². The molecule has 0 saturated heterocycles. The number of halogens is 4. The van der Waals surface area contributed by atoms with E-state index in [2.05, 4.69) is 12.0 Å². The Morgan fingerprint density at radius 1 is 1.40 bits per heavy atom. The Labute approximate surface area is 85.5 Å². The number of nitrogens with one attached hydrogen (secondary N) is 1. The number of quaternary nitrogens is 1. The molecule has 1 heterocycles. The molecule has 1 aliphatic heterocycles. The Balaban J connectivity index is 0.000000336. The first kappa shape index (κ1) is 14.1. The van der Waals surface area contributed by atoms with Gasteiger partial charge in [-0.15, -0.1) is 0 Å².